The van der Waals surface area contributed by atoms with Crippen molar-refractivity contribution < 1.29 is 4.55 Å². The molecule has 1 saturated heterocycles. The highest BCUT2D eigenvalue weighted by atomic mass is 33.1. The van der Waals surface area contributed by atoms with Gasteiger partial charge in [0.05, 0.1) is 10.8 Å². The van der Waals surface area contributed by atoms with Gasteiger partial charge >= 0.3 is 0 Å². The van der Waals surface area contributed by atoms with E-state index in [1.54, 1.807) is 10.8 Å². The van der Waals surface area contributed by atoms with Gasteiger partial charge in [-0.25, -0.2) is 0 Å². The molecule has 3 heteroatoms. The van der Waals surface area contributed by atoms with Gasteiger partial charge in [-0.1, -0.05) is 6.92 Å². The van der Waals surface area contributed by atoms with Gasteiger partial charge in [0.15, 0.2) is 0 Å². The molecule has 1 nitrogen and oxygen atoms in total. The molecule has 0 radical (unpaired) electrons. The number of hydrogen-bond acceptors (Lipinski definition) is 2. The van der Waals surface area contributed by atoms with E-state index in [9.17, 15) is 4.55 Å². The van der Waals surface area contributed by atoms with Crippen molar-refractivity contribution >= 4 is 21.0 Å². The average molecular weight is 150 g/mol. The summed E-state index contributed by atoms with van der Waals surface area (Å²) in [5.74, 6) is 2.69. The van der Waals surface area contributed by atoms with Gasteiger partial charge in [0.25, 0.3) is 0 Å². The van der Waals surface area contributed by atoms with Crippen LogP contribution in [-0.4, -0.2) is 16.1 Å². The molecule has 1 rings (SSSR count). The lowest BCUT2D eigenvalue weighted by Gasteiger charge is -2.18. The fraction of sp³-hybridized carbons (Fsp3) is 1.00. The Morgan fingerprint density at radius 3 is 2.88 bits per heavy atom. The van der Waals surface area contributed by atoms with E-state index < -0.39 is 10.2 Å². The highest BCUT2D eigenvalue weighted by Gasteiger charge is 2.20. The van der Waals surface area contributed by atoms with Gasteiger partial charge in [0.2, 0.25) is 0 Å². The highest BCUT2D eigenvalue weighted by Crippen LogP contribution is 2.25. The van der Waals surface area contributed by atoms with Gasteiger partial charge in [-0.2, -0.15) is 0 Å². The van der Waals surface area contributed by atoms with E-state index in [1.807, 2.05) is 0 Å². The Kier molecular flexibility index (Phi) is 2.53. The molecule has 0 aliphatic carbocycles. The lowest BCUT2D eigenvalue weighted by Crippen LogP contribution is -2.17. The van der Waals surface area contributed by atoms with E-state index in [0.29, 0.717) is 5.92 Å². The van der Waals surface area contributed by atoms with Gasteiger partial charge in [0.1, 0.15) is 5.75 Å². The Bertz CT molecular complexity index is 68.8. The molecule has 0 saturated carbocycles. The first kappa shape index (κ1) is 6.78. The summed E-state index contributed by atoms with van der Waals surface area (Å²) in [6, 6.07) is 0. The summed E-state index contributed by atoms with van der Waals surface area (Å²) in [5, 5.41) is 0. The predicted octanol–water partition coefficient (Wildman–Crippen LogP) is 1.42. The van der Waals surface area contributed by atoms with Crippen LogP contribution in [0.5, 0.6) is 0 Å². The maximum absolute atomic E-state index is 10.7. The fourth-order valence-electron chi connectivity index (χ4n) is 0.706. The zero-order chi connectivity index (χ0) is 5.98. The second-order valence-electron chi connectivity index (χ2n) is 2.19. The molecule has 0 aromatic rings. The van der Waals surface area contributed by atoms with Crippen LogP contribution in [0.1, 0.15) is 13.3 Å². The molecule has 0 aromatic carbocycles. The monoisotopic (exact) mass is 150 g/mol. The normalized spacial score (nSPS) is 39.8. The molecule has 1 heterocycles. The lowest BCUT2D eigenvalue weighted by molar-refractivity contribution is 0.572. The number of rotatable bonds is 0. The van der Waals surface area contributed by atoms with Crippen LogP contribution in [0, 0.1) is 5.92 Å². The van der Waals surface area contributed by atoms with Crippen molar-refractivity contribution in [2.45, 2.75) is 13.3 Å². The molecule has 8 heavy (non-hydrogen) atoms. The molecule has 48 valence electrons. The Balaban J connectivity index is 2.23. The van der Waals surface area contributed by atoms with E-state index in [2.05, 4.69) is 6.92 Å². The van der Waals surface area contributed by atoms with Crippen molar-refractivity contribution in [2.75, 3.05) is 11.5 Å². The summed E-state index contributed by atoms with van der Waals surface area (Å²) in [6.07, 6.45) is 1.25. The summed E-state index contributed by atoms with van der Waals surface area (Å²) in [5.41, 5.74) is 0. The van der Waals surface area contributed by atoms with Crippen molar-refractivity contribution in [1.29, 1.82) is 0 Å². The van der Waals surface area contributed by atoms with Crippen LogP contribution in [0.15, 0.2) is 0 Å². The van der Waals surface area contributed by atoms with Gasteiger partial charge in [-0.15, -0.1) is 0 Å². The van der Waals surface area contributed by atoms with E-state index in [-0.39, 0.29) is 0 Å². The lowest BCUT2D eigenvalue weighted by atomic mass is 10.2. The smallest absolute Gasteiger partial charge is 0.120 e. The van der Waals surface area contributed by atoms with Crippen LogP contribution in [0.25, 0.3) is 0 Å². The Labute approximate surface area is 56.8 Å². The molecule has 1 aliphatic heterocycles. The molecule has 1 aliphatic rings. The molecule has 0 spiro atoms. The Morgan fingerprint density at radius 2 is 2.50 bits per heavy atom. The largest absolute Gasteiger partial charge is 0.605 e. The summed E-state index contributed by atoms with van der Waals surface area (Å²) in [7, 11) is 1.04. The first-order valence-corrected chi connectivity index (χ1v) is 5.63. The summed E-state index contributed by atoms with van der Waals surface area (Å²) < 4.78 is 10.7. The summed E-state index contributed by atoms with van der Waals surface area (Å²) in [4.78, 5) is 0. The van der Waals surface area contributed by atoms with Crippen LogP contribution >= 0.6 is 10.8 Å². The van der Waals surface area contributed by atoms with Crippen molar-refractivity contribution in [3.8, 4) is 0 Å². The first-order chi connectivity index (χ1) is 3.79. The Hall–Kier alpha value is 0.660. The highest BCUT2D eigenvalue weighted by molar-refractivity contribution is 8.72. The van der Waals surface area contributed by atoms with Crippen molar-refractivity contribution in [3.63, 3.8) is 0 Å². The van der Waals surface area contributed by atoms with Crippen molar-refractivity contribution in [2.24, 2.45) is 5.92 Å². The van der Waals surface area contributed by atoms with Crippen LogP contribution in [0.2, 0.25) is 0 Å². The minimum Gasteiger partial charge on any atom is -0.605 e. The van der Waals surface area contributed by atoms with E-state index >= 15 is 0 Å². The molecule has 1 fully saturated rings. The maximum Gasteiger partial charge on any atom is 0.120 e. The third-order valence-electron chi connectivity index (χ3n) is 1.25. The predicted molar refractivity (Wildman–Crippen MR) is 39.2 cm³/mol. The molecule has 0 N–H and O–H groups in total. The van der Waals surface area contributed by atoms with E-state index in [0.717, 1.165) is 11.5 Å². The minimum atomic E-state index is -0.554. The number of hydrogen-bond donors (Lipinski definition) is 0. The Morgan fingerprint density at radius 1 is 1.75 bits per heavy atom. The zero-order valence-electron chi connectivity index (χ0n) is 4.92. The van der Waals surface area contributed by atoms with E-state index in [1.165, 1.54) is 6.42 Å². The molecule has 0 bridgehead atoms. The third kappa shape index (κ3) is 1.88. The second kappa shape index (κ2) is 2.99. The summed E-state index contributed by atoms with van der Waals surface area (Å²) >= 11 is 0. The van der Waals surface area contributed by atoms with Crippen molar-refractivity contribution in [3.05, 3.63) is 0 Å². The quantitative estimate of drug-likeness (QED) is 0.385. The van der Waals surface area contributed by atoms with Crippen LogP contribution in [-0.2, 0) is 10.2 Å². The van der Waals surface area contributed by atoms with Gasteiger partial charge in [-0.05, 0) is 6.42 Å². The fourth-order valence-corrected chi connectivity index (χ4v) is 3.95. The van der Waals surface area contributed by atoms with Gasteiger partial charge in [0, 0.05) is 21.9 Å². The summed E-state index contributed by atoms with van der Waals surface area (Å²) in [6.45, 7) is 2.16. The first-order valence-electron chi connectivity index (χ1n) is 2.80. The second-order valence-corrected chi connectivity index (χ2v) is 5.59. The topological polar surface area (TPSA) is 23.1 Å². The molecule has 2 atom stereocenters. The van der Waals surface area contributed by atoms with Crippen molar-refractivity contribution in [1.82, 2.24) is 0 Å². The molecule has 0 amide bonds. The molecular formula is C5H10OS2. The minimum absolute atomic E-state index is 0.554. The van der Waals surface area contributed by atoms with Crippen LogP contribution < -0.4 is 0 Å². The zero-order valence-corrected chi connectivity index (χ0v) is 6.56. The molecule has 0 aromatic heterocycles. The standard InChI is InChI=1S/C5H10OS2/c1-5-2-3-7-8(6)4-5/h5H,2-4H2,1H3. The average Bonchev–Trinajstić information content (AvgIpc) is 1.64. The molecular weight excluding hydrogens is 140 g/mol. The SMILES string of the molecule is CC1CCS[S+]([O-])C1. The van der Waals surface area contributed by atoms with Gasteiger partial charge < -0.3 is 4.55 Å². The third-order valence-corrected chi connectivity index (χ3v) is 4.45. The maximum atomic E-state index is 10.7. The van der Waals surface area contributed by atoms with E-state index in [4.69, 9.17) is 0 Å². The molecule has 2 unspecified atom stereocenters. The van der Waals surface area contributed by atoms with Gasteiger partial charge in [-0.3, -0.25) is 0 Å². The van der Waals surface area contributed by atoms with Crippen LogP contribution in [0.4, 0.5) is 0 Å². The van der Waals surface area contributed by atoms with Crippen LogP contribution in [0.3, 0.4) is 0 Å².